The van der Waals surface area contributed by atoms with E-state index in [1.54, 1.807) is 62.4 Å². The fraction of sp³-hybridized carbons (Fsp3) is 0.360. The van der Waals surface area contributed by atoms with Crippen LogP contribution < -0.4 is 15.0 Å². The van der Waals surface area contributed by atoms with Crippen LogP contribution in [-0.2, 0) is 14.3 Å². The van der Waals surface area contributed by atoms with Crippen molar-refractivity contribution in [3.8, 4) is 11.8 Å². The van der Waals surface area contributed by atoms with E-state index in [2.05, 4.69) is 5.32 Å². The molecule has 2 rings (SSSR count). The van der Waals surface area contributed by atoms with Crippen molar-refractivity contribution >= 4 is 23.5 Å². The zero-order chi connectivity index (χ0) is 24.2. The molecule has 1 N–H and O–H groups in total. The van der Waals surface area contributed by atoms with Gasteiger partial charge in [-0.2, -0.15) is 5.26 Å². The van der Waals surface area contributed by atoms with Crippen molar-refractivity contribution < 1.29 is 23.9 Å². The molecule has 2 aromatic rings. The number of amides is 2. The Hall–Kier alpha value is -3.86. The van der Waals surface area contributed by atoms with Crippen LogP contribution in [0.25, 0.3) is 0 Å². The molecule has 2 aromatic carbocycles. The summed E-state index contributed by atoms with van der Waals surface area (Å²) in [5, 5.41) is 11.6. The molecule has 2 amide bonds. The predicted octanol–water partition coefficient (Wildman–Crippen LogP) is 3.33. The molecule has 0 radical (unpaired) electrons. The summed E-state index contributed by atoms with van der Waals surface area (Å²) in [5.74, 6) is -1.20. The van der Waals surface area contributed by atoms with E-state index in [0.29, 0.717) is 23.6 Å². The molecular formula is C25H29N3O5. The summed E-state index contributed by atoms with van der Waals surface area (Å²) in [7, 11) is 0. The van der Waals surface area contributed by atoms with Gasteiger partial charge in [0.15, 0.2) is 6.61 Å². The molecule has 0 saturated carbocycles. The summed E-state index contributed by atoms with van der Waals surface area (Å²) in [5.41, 5.74) is 0.984. The molecule has 0 saturated heterocycles. The molecule has 8 nitrogen and oxygen atoms in total. The Morgan fingerprint density at radius 1 is 1.06 bits per heavy atom. The van der Waals surface area contributed by atoms with Gasteiger partial charge in [0.2, 0.25) is 0 Å². The summed E-state index contributed by atoms with van der Waals surface area (Å²) in [6, 6.07) is 16.5. The zero-order valence-electron chi connectivity index (χ0n) is 19.1. The molecule has 8 heteroatoms. The van der Waals surface area contributed by atoms with Gasteiger partial charge in [-0.25, -0.2) is 4.79 Å². The highest BCUT2D eigenvalue weighted by Crippen LogP contribution is 2.15. The Kier molecular flexibility index (Phi) is 9.90. The number of ether oxygens (including phenoxy) is 2. The lowest BCUT2D eigenvalue weighted by molar-refractivity contribution is -0.150. The van der Waals surface area contributed by atoms with Crippen LogP contribution in [-0.4, -0.2) is 43.6 Å². The maximum atomic E-state index is 12.7. The molecule has 174 valence electrons. The average molecular weight is 452 g/mol. The normalized spacial score (nSPS) is 11.2. The van der Waals surface area contributed by atoms with Crippen molar-refractivity contribution in [2.45, 2.75) is 33.2 Å². The fourth-order valence-electron chi connectivity index (χ4n) is 3.06. The summed E-state index contributed by atoms with van der Waals surface area (Å²) >= 11 is 0. The quantitative estimate of drug-likeness (QED) is 0.525. The number of hydrogen-bond acceptors (Lipinski definition) is 6. The molecule has 0 aromatic heterocycles. The molecule has 0 aliphatic carbocycles. The van der Waals surface area contributed by atoms with Crippen molar-refractivity contribution in [2.75, 3.05) is 24.7 Å². The highest BCUT2D eigenvalue weighted by molar-refractivity contribution is 5.98. The highest BCUT2D eigenvalue weighted by atomic mass is 16.5. The number of nitriles is 1. The van der Waals surface area contributed by atoms with Gasteiger partial charge in [0.25, 0.3) is 11.8 Å². The number of anilines is 1. The smallest absolute Gasteiger partial charge is 0.329 e. The first kappa shape index (κ1) is 25.4. The molecule has 0 aliphatic rings. The van der Waals surface area contributed by atoms with E-state index in [1.807, 2.05) is 19.1 Å². The first-order valence-corrected chi connectivity index (χ1v) is 10.8. The van der Waals surface area contributed by atoms with Gasteiger partial charge in [-0.1, -0.05) is 32.0 Å². The van der Waals surface area contributed by atoms with Gasteiger partial charge in [-0.15, -0.1) is 0 Å². The van der Waals surface area contributed by atoms with Crippen molar-refractivity contribution in [2.24, 2.45) is 5.92 Å². The minimum atomic E-state index is -0.929. The first-order valence-electron chi connectivity index (χ1n) is 10.8. The van der Waals surface area contributed by atoms with Crippen LogP contribution in [0.1, 0.15) is 37.6 Å². The second kappa shape index (κ2) is 12.9. The monoisotopic (exact) mass is 451 g/mol. The van der Waals surface area contributed by atoms with E-state index >= 15 is 0 Å². The number of nitrogens with zero attached hydrogens (tertiary/aromatic N) is 2. The molecule has 0 fully saturated rings. The molecule has 0 spiro atoms. The van der Waals surface area contributed by atoms with Crippen LogP contribution in [0.2, 0.25) is 0 Å². The minimum Gasteiger partial charge on any atom is -0.494 e. The number of rotatable bonds is 11. The van der Waals surface area contributed by atoms with Crippen LogP contribution >= 0.6 is 0 Å². The van der Waals surface area contributed by atoms with Crippen LogP contribution in [0.3, 0.4) is 0 Å². The zero-order valence-corrected chi connectivity index (χ0v) is 19.1. The molecule has 0 heterocycles. The lowest BCUT2D eigenvalue weighted by Gasteiger charge is -2.24. The highest BCUT2D eigenvalue weighted by Gasteiger charge is 2.27. The van der Waals surface area contributed by atoms with Crippen LogP contribution in [0.4, 0.5) is 5.69 Å². The van der Waals surface area contributed by atoms with E-state index in [-0.39, 0.29) is 18.9 Å². The Morgan fingerprint density at radius 3 is 2.30 bits per heavy atom. The minimum absolute atomic E-state index is 0.140. The van der Waals surface area contributed by atoms with Gasteiger partial charge in [-0.3, -0.25) is 9.59 Å². The second-order valence-electron chi connectivity index (χ2n) is 7.55. The lowest BCUT2D eigenvalue weighted by Crippen LogP contribution is -2.46. The van der Waals surface area contributed by atoms with Crippen LogP contribution in [0.15, 0.2) is 54.6 Å². The van der Waals surface area contributed by atoms with Crippen molar-refractivity contribution in [3.63, 3.8) is 0 Å². The molecule has 0 aliphatic heterocycles. The summed E-state index contributed by atoms with van der Waals surface area (Å²) in [6.07, 6.45) is 0.140. The molecule has 1 atom stereocenters. The van der Waals surface area contributed by atoms with Gasteiger partial charge in [-0.05, 0) is 49.2 Å². The maximum absolute atomic E-state index is 12.7. The largest absolute Gasteiger partial charge is 0.494 e. The number of carbonyl (C=O) groups excluding carboxylic acids is 3. The van der Waals surface area contributed by atoms with E-state index in [1.165, 1.54) is 4.90 Å². The number of carbonyl (C=O) groups is 3. The summed E-state index contributed by atoms with van der Waals surface area (Å²) in [4.78, 5) is 39.4. The Bertz CT molecular complexity index is 968. The fourth-order valence-corrected chi connectivity index (χ4v) is 3.06. The Morgan fingerprint density at radius 2 is 1.73 bits per heavy atom. The number of esters is 1. The third-order valence-electron chi connectivity index (χ3n) is 4.79. The van der Waals surface area contributed by atoms with E-state index < -0.39 is 30.4 Å². The first-order chi connectivity index (χ1) is 15.9. The standard InChI is InChI=1S/C25H29N3O5/c1-4-32-21-13-11-19(12-14-21)24(30)27-23(18(2)3)25(31)33-17-22(29)28(16-8-15-26)20-9-6-5-7-10-20/h5-7,9-14,18,23H,4,8,16-17H2,1-3H3,(H,27,30)/t23-/m0/s1. The van der Waals surface area contributed by atoms with Crippen molar-refractivity contribution in [3.05, 3.63) is 60.2 Å². The van der Waals surface area contributed by atoms with Gasteiger partial charge >= 0.3 is 5.97 Å². The third-order valence-corrected chi connectivity index (χ3v) is 4.79. The topological polar surface area (TPSA) is 109 Å². The van der Waals surface area contributed by atoms with Crippen molar-refractivity contribution in [1.29, 1.82) is 5.26 Å². The number of hydrogen-bond donors (Lipinski definition) is 1. The molecule has 0 unspecified atom stereocenters. The van der Waals surface area contributed by atoms with Gasteiger partial charge < -0.3 is 19.7 Å². The van der Waals surface area contributed by atoms with E-state index in [9.17, 15) is 14.4 Å². The number of para-hydroxylation sites is 1. The summed E-state index contributed by atoms with van der Waals surface area (Å²) < 4.78 is 10.6. The van der Waals surface area contributed by atoms with Gasteiger partial charge in [0, 0.05) is 17.8 Å². The SMILES string of the molecule is CCOc1ccc(C(=O)N[C@H](C(=O)OCC(=O)N(CCC#N)c2ccccc2)C(C)C)cc1. The molecule has 33 heavy (non-hydrogen) atoms. The Balaban J connectivity index is 2.01. The Labute approximate surface area is 194 Å². The number of nitrogens with one attached hydrogen (secondary N) is 1. The summed E-state index contributed by atoms with van der Waals surface area (Å²) in [6.45, 7) is 5.61. The average Bonchev–Trinajstić information content (AvgIpc) is 2.82. The predicted molar refractivity (Wildman–Crippen MR) is 124 cm³/mol. The van der Waals surface area contributed by atoms with Gasteiger partial charge in [0.1, 0.15) is 11.8 Å². The third kappa shape index (κ3) is 7.65. The van der Waals surface area contributed by atoms with E-state index in [0.717, 1.165) is 0 Å². The maximum Gasteiger partial charge on any atom is 0.329 e. The van der Waals surface area contributed by atoms with Gasteiger partial charge in [0.05, 0.1) is 19.1 Å². The van der Waals surface area contributed by atoms with Crippen LogP contribution in [0, 0.1) is 17.2 Å². The molecular weight excluding hydrogens is 422 g/mol. The van der Waals surface area contributed by atoms with E-state index in [4.69, 9.17) is 14.7 Å². The number of benzene rings is 2. The molecule has 0 bridgehead atoms. The van der Waals surface area contributed by atoms with Crippen LogP contribution in [0.5, 0.6) is 5.75 Å². The lowest BCUT2D eigenvalue weighted by atomic mass is 10.0. The second-order valence-corrected chi connectivity index (χ2v) is 7.55. The van der Waals surface area contributed by atoms with Crippen molar-refractivity contribution in [1.82, 2.24) is 5.32 Å².